The second-order valence-corrected chi connectivity index (χ2v) is 6.55. The van der Waals surface area contributed by atoms with Crippen molar-refractivity contribution < 1.29 is 5.11 Å². The number of hydrogen-bond donors (Lipinski definition) is 1. The highest BCUT2D eigenvalue weighted by Crippen LogP contribution is 2.28. The summed E-state index contributed by atoms with van der Waals surface area (Å²) in [4.78, 5) is 3.29. The zero-order valence-corrected chi connectivity index (χ0v) is 13.2. The molecule has 0 radical (unpaired) electrons. The minimum absolute atomic E-state index is 0.419. The van der Waals surface area contributed by atoms with Gasteiger partial charge in [-0.05, 0) is 30.7 Å². The van der Waals surface area contributed by atoms with Crippen molar-refractivity contribution in [3.05, 3.63) is 57.2 Å². The van der Waals surface area contributed by atoms with Gasteiger partial charge in [-0.15, -0.1) is 11.3 Å². The number of hydrogen-bond acceptors (Lipinski definition) is 3. The van der Waals surface area contributed by atoms with E-state index >= 15 is 0 Å². The van der Waals surface area contributed by atoms with Crippen LogP contribution in [0.2, 0.25) is 4.34 Å². The average Bonchev–Trinajstić information content (AvgIpc) is 2.91. The Morgan fingerprint density at radius 1 is 1.20 bits per heavy atom. The van der Waals surface area contributed by atoms with Gasteiger partial charge < -0.3 is 5.11 Å². The second kappa shape index (κ2) is 7.79. The predicted molar refractivity (Wildman–Crippen MR) is 86.3 cm³/mol. The largest absolute Gasteiger partial charge is 0.388 e. The van der Waals surface area contributed by atoms with Crippen molar-refractivity contribution in [1.82, 2.24) is 4.90 Å². The van der Waals surface area contributed by atoms with Gasteiger partial charge in [-0.25, -0.2) is 0 Å². The number of nitrogens with zero attached hydrogens (tertiary/aromatic N) is 1. The van der Waals surface area contributed by atoms with Gasteiger partial charge in [-0.1, -0.05) is 48.9 Å². The van der Waals surface area contributed by atoms with E-state index in [-0.39, 0.29) is 0 Å². The molecule has 0 bridgehead atoms. The highest BCUT2D eigenvalue weighted by molar-refractivity contribution is 7.16. The Hall–Kier alpha value is -0.870. The zero-order chi connectivity index (χ0) is 14.4. The molecule has 0 spiro atoms. The summed E-state index contributed by atoms with van der Waals surface area (Å²) in [6.45, 7) is 4.93. The molecule has 1 unspecified atom stereocenters. The smallest absolute Gasteiger partial charge is 0.0932 e. The van der Waals surface area contributed by atoms with Gasteiger partial charge in [0.2, 0.25) is 0 Å². The maximum absolute atomic E-state index is 10.2. The summed E-state index contributed by atoms with van der Waals surface area (Å²) >= 11 is 7.35. The molecule has 108 valence electrons. The van der Waals surface area contributed by atoms with Crippen LogP contribution in [0.5, 0.6) is 0 Å². The third-order valence-corrected chi connectivity index (χ3v) is 4.67. The monoisotopic (exact) mass is 309 g/mol. The predicted octanol–water partition coefficient (Wildman–Crippen LogP) is 4.35. The molecule has 0 fully saturated rings. The lowest BCUT2D eigenvalue weighted by Crippen LogP contribution is -2.25. The molecule has 20 heavy (non-hydrogen) atoms. The summed E-state index contributed by atoms with van der Waals surface area (Å²) in [5, 5.41) is 10.2. The van der Waals surface area contributed by atoms with Crippen LogP contribution in [0.1, 0.15) is 29.9 Å². The van der Waals surface area contributed by atoms with E-state index in [0.29, 0.717) is 0 Å². The van der Waals surface area contributed by atoms with Gasteiger partial charge in [0.25, 0.3) is 0 Å². The third kappa shape index (κ3) is 4.60. The standard InChI is InChI=1S/C16H20ClNOS/c1-2-18(12-13-6-4-3-5-7-13)11-10-14(19)15-8-9-16(17)20-15/h3-9,14,19H,2,10-12H2,1H3. The summed E-state index contributed by atoms with van der Waals surface area (Å²) in [5.41, 5.74) is 1.31. The Labute approximate surface area is 129 Å². The molecule has 1 heterocycles. The van der Waals surface area contributed by atoms with Crippen LogP contribution in [0.3, 0.4) is 0 Å². The molecule has 0 aliphatic heterocycles. The lowest BCUT2D eigenvalue weighted by molar-refractivity contribution is 0.144. The molecule has 0 amide bonds. The second-order valence-electron chi connectivity index (χ2n) is 4.80. The highest BCUT2D eigenvalue weighted by Gasteiger charge is 2.12. The minimum Gasteiger partial charge on any atom is -0.388 e. The average molecular weight is 310 g/mol. The normalized spacial score (nSPS) is 12.8. The molecule has 0 saturated heterocycles. The zero-order valence-electron chi connectivity index (χ0n) is 11.6. The number of aliphatic hydroxyl groups excluding tert-OH is 1. The Balaban J connectivity index is 1.84. The first kappa shape index (κ1) is 15.5. The van der Waals surface area contributed by atoms with Crippen molar-refractivity contribution in [2.75, 3.05) is 13.1 Å². The molecule has 1 atom stereocenters. The maximum Gasteiger partial charge on any atom is 0.0932 e. The number of halogens is 1. The Morgan fingerprint density at radius 2 is 1.95 bits per heavy atom. The summed E-state index contributed by atoms with van der Waals surface area (Å²) < 4.78 is 0.732. The summed E-state index contributed by atoms with van der Waals surface area (Å²) in [6, 6.07) is 14.2. The molecule has 0 aliphatic rings. The van der Waals surface area contributed by atoms with Gasteiger partial charge in [0.05, 0.1) is 10.4 Å². The lowest BCUT2D eigenvalue weighted by Gasteiger charge is -2.21. The molecule has 1 aromatic carbocycles. The van der Waals surface area contributed by atoms with Gasteiger partial charge in [0.1, 0.15) is 0 Å². The molecule has 0 aliphatic carbocycles. The number of benzene rings is 1. The van der Waals surface area contributed by atoms with Crippen molar-refractivity contribution in [2.24, 2.45) is 0 Å². The van der Waals surface area contributed by atoms with Crippen molar-refractivity contribution in [2.45, 2.75) is 26.0 Å². The molecular formula is C16H20ClNOS. The first-order chi connectivity index (χ1) is 9.69. The van der Waals surface area contributed by atoms with E-state index in [0.717, 1.165) is 35.3 Å². The Bertz CT molecular complexity index is 514. The van der Waals surface area contributed by atoms with Crippen LogP contribution in [0.15, 0.2) is 42.5 Å². The summed E-state index contributed by atoms with van der Waals surface area (Å²) in [5.74, 6) is 0. The molecule has 0 saturated carbocycles. The fourth-order valence-corrected chi connectivity index (χ4v) is 3.23. The molecule has 2 aromatic rings. The van der Waals surface area contributed by atoms with E-state index in [9.17, 15) is 5.11 Å². The van der Waals surface area contributed by atoms with Crippen LogP contribution in [0.25, 0.3) is 0 Å². The van der Waals surface area contributed by atoms with E-state index < -0.39 is 6.10 Å². The molecule has 2 rings (SSSR count). The topological polar surface area (TPSA) is 23.5 Å². The molecular weight excluding hydrogens is 290 g/mol. The number of aliphatic hydroxyl groups is 1. The van der Waals surface area contributed by atoms with Crippen molar-refractivity contribution in [3.8, 4) is 0 Å². The first-order valence-corrected chi connectivity index (χ1v) is 8.08. The van der Waals surface area contributed by atoms with Crippen molar-refractivity contribution in [3.63, 3.8) is 0 Å². The molecule has 1 N–H and O–H groups in total. The van der Waals surface area contributed by atoms with Crippen LogP contribution in [0.4, 0.5) is 0 Å². The van der Waals surface area contributed by atoms with Gasteiger partial charge in [-0.3, -0.25) is 4.90 Å². The highest BCUT2D eigenvalue weighted by atomic mass is 35.5. The van der Waals surface area contributed by atoms with Crippen molar-refractivity contribution >= 4 is 22.9 Å². The van der Waals surface area contributed by atoms with E-state index in [1.807, 2.05) is 18.2 Å². The molecule has 4 heteroatoms. The quantitative estimate of drug-likeness (QED) is 0.822. The van der Waals surface area contributed by atoms with E-state index in [2.05, 4.69) is 36.1 Å². The van der Waals surface area contributed by atoms with E-state index in [1.54, 1.807) is 0 Å². The van der Waals surface area contributed by atoms with Gasteiger partial charge in [0.15, 0.2) is 0 Å². The fourth-order valence-electron chi connectivity index (χ4n) is 2.15. The number of thiophene rings is 1. The van der Waals surface area contributed by atoms with E-state index in [1.165, 1.54) is 16.9 Å². The van der Waals surface area contributed by atoms with Crippen LogP contribution in [-0.4, -0.2) is 23.1 Å². The van der Waals surface area contributed by atoms with Crippen LogP contribution in [0, 0.1) is 0 Å². The first-order valence-electron chi connectivity index (χ1n) is 6.88. The molecule has 1 aromatic heterocycles. The Kier molecular flexibility index (Phi) is 6.05. The Morgan fingerprint density at radius 3 is 2.55 bits per heavy atom. The fraction of sp³-hybridized carbons (Fsp3) is 0.375. The van der Waals surface area contributed by atoms with Crippen LogP contribution >= 0.6 is 22.9 Å². The summed E-state index contributed by atoms with van der Waals surface area (Å²) in [6.07, 6.45) is 0.315. The van der Waals surface area contributed by atoms with E-state index in [4.69, 9.17) is 11.6 Å². The minimum atomic E-state index is -0.419. The van der Waals surface area contributed by atoms with Gasteiger partial charge >= 0.3 is 0 Å². The maximum atomic E-state index is 10.2. The third-order valence-electron chi connectivity index (χ3n) is 3.34. The van der Waals surface area contributed by atoms with Crippen LogP contribution in [-0.2, 0) is 6.54 Å². The van der Waals surface area contributed by atoms with Gasteiger partial charge in [0, 0.05) is 18.0 Å². The SMILES string of the molecule is CCN(CCC(O)c1ccc(Cl)s1)Cc1ccccc1. The summed E-state index contributed by atoms with van der Waals surface area (Å²) in [7, 11) is 0. The van der Waals surface area contributed by atoms with Gasteiger partial charge in [-0.2, -0.15) is 0 Å². The molecule has 2 nitrogen and oxygen atoms in total. The van der Waals surface area contributed by atoms with Crippen LogP contribution < -0.4 is 0 Å². The lowest BCUT2D eigenvalue weighted by atomic mass is 10.1. The number of rotatable bonds is 7. The van der Waals surface area contributed by atoms with Crippen molar-refractivity contribution in [1.29, 1.82) is 0 Å².